The van der Waals surface area contributed by atoms with Crippen molar-refractivity contribution in [1.29, 1.82) is 0 Å². The summed E-state index contributed by atoms with van der Waals surface area (Å²) in [4.78, 5) is 2.59. The van der Waals surface area contributed by atoms with Crippen LogP contribution in [-0.2, 0) is 0 Å². The number of quaternary nitrogens is 1. The summed E-state index contributed by atoms with van der Waals surface area (Å²) in [6, 6.07) is 0.901. The Hall–Kier alpha value is -0.0800. The van der Waals surface area contributed by atoms with Gasteiger partial charge in [-0.15, -0.1) is 0 Å². The fourth-order valence-corrected chi connectivity index (χ4v) is 4.35. The van der Waals surface area contributed by atoms with Gasteiger partial charge in [0.25, 0.3) is 0 Å². The third-order valence-corrected chi connectivity index (χ3v) is 6.03. The summed E-state index contributed by atoms with van der Waals surface area (Å²) in [5.41, 5.74) is 0. The molecule has 0 N–H and O–H groups in total. The van der Waals surface area contributed by atoms with E-state index >= 15 is 0 Å². The fourth-order valence-electron chi connectivity index (χ4n) is 4.35. The lowest BCUT2D eigenvalue weighted by molar-refractivity contribution is -0.956. The molecule has 1 aliphatic rings. The third-order valence-electron chi connectivity index (χ3n) is 6.03. The molecular weight excluding hydrogens is 280 g/mol. The number of nitrogens with zero attached hydrogens (tertiary/aromatic N) is 2. The van der Waals surface area contributed by atoms with Gasteiger partial charge < -0.3 is 4.48 Å². The summed E-state index contributed by atoms with van der Waals surface area (Å²) in [6.45, 7) is 13.9. The molecule has 0 amide bonds. The SMILES string of the molecule is CCCCCCCCC1CN(C)CC[N+]1(CCCC)CCCC. The van der Waals surface area contributed by atoms with Gasteiger partial charge in [-0.1, -0.05) is 65.7 Å². The van der Waals surface area contributed by atoms with Crippen molar-refractivity contribution in [2.24, 2.45) is 0 Å². The van der Waals surface area contributed by atoms with Crippen molar-refractivity contribution in [1.82, 2.24) is 4.90 Å². The molecule has 0 bridgehead atoms. The van der Waals surface area contributed by atoms with Gasteiger partial charge >= 0.3 is 0 Å². The number of likely N-dealkylation sites (N-methyl/N-ethyl adjacent to an activating group) is 1. The van der Waals surface area contributed by atoms with E-state index in [1.165, 1.54) is 108 Å². The maximum atomic E-state index is 2.59. The first-order valence-corrected chi connectivity index (χ1v) is 10.7. The highest BCUT2D eigenvalue weighted by atomic mass is 15.4. The smallest absolute Gasteiger partial charge is 0.102 e. The zero-order chi connectivity index (χ0) is 17.0. The molecule has 0 aromatic rings. The molecule has 2 nitrogen and oxygen atoms in total. The van der Waals surface area contributed by atoms with Crippen LogP contribution in [0, 0.1) is 0 Å². The Labute approximate surface area is 147 Å². The second-order valence-electron chi connectivity index (χ2n) is 8.07. The minimum absolute atomic E-state index is 0.901. The molecule has 0 spiro atoms. The number of hydrogen-bond acceptors (Lipinski definition) is 1. The van der Waals surface area contributed by atoms with Gasteiger partial charge in [-0.3, -0.25) is 4.90 Å². The minimum atomic E-state index is 0.901. The Morgan fingerprint density at radius 3 is 1.96 bits per heavy atom. The molecule has 1 atom stereocenters. The van der Waals surface area contributed by atoms with Gasteiger partial charge in [0.1, 0.15) is 6.04 Å². The lowest BCUT2D eigenvalue weighted by atomic mass is 9.98. The van der Waals surface area contributed by atoms with E-state index in [0.717, 1.165) is 6.04 Å². The molecule has 2 heteroatoms. The van der Waals surface area contributed by atoms with Gasteiger partial charge in [-0.05, 0) is 26.3 Å². The zero-order valence-electron chi connectivity index (χ0n) is 16.8. The molecule has 1 unspecified atom stereocenters. The van der Waals surface area contributed by atoms with Crippen LogP contribution in [0.15, 0.2) is 0 Å². The quantitative estimate of drug-likeness (QED) is 0.321. The Morgan fingerprint density at radius 2 is 1.35 bits per heavy atom. The van der Waals surface area contributed by atoms with E-state index in [1.807, 2.05) is 0 Å². The van der Waals surface area contributed by atoms with Gasteiger partial charge in [0, 0.05) is 13.0 Å². The van der Waals surface area contributed by atoms with Crippen molar-refractivity contribution in [2.75, 3.05) is 39.8 Å². The first-order chi connectivity index (χ1) is 11.2. The monoisotopic (exact) mass is 325 g/mol. The average Bonchev–Trinajstić information content (AvgIpc) is 2.56. The molecule has 1 heterocycles. The van der Waals surface area contributed by atoms with Crippen molar-refractivity contribution in [2.45, 2.75) is 97.4 Å². The van der Waals surface area contributed by atoms with Crippen LogP contribution >= 0.6 is 0 Å². The maximum Gasteiger partial charge on any atom is 0.102 e. The van der Waals surface area contributed by atoms with Gasteiger partial charge in [0.05, 0.1) is 26.2 Å². The highest BCUT2D eigenvalue weighted by Crippen LogP contribution is 2.26. The normalized spacial score (nSPS) is 21.7. The molecule has 0 radical (unpaired) electrons. The molecule has 1 rings (SSSR count). The summed E-state index contributed by atoms with van der Waals surface area (Å²) in [6.07, 6.45) is 15.6. The van der Waals surface area contributed by atoms with Crippen molar-refractivity contribution < 1.29 is 4.48 Å². The highest BCUT2D eigenvalue weighted by molar-refractivity contribution is 4.72. The van der Waals surface area contributed by atoms with Crippen LogP contribution < -0.4 is 0 Å². The molecule has 0 saturated carbocycles. The van der Waals surface area contributed by atoms with E-state index in [2.05, 4.69) is 32.7 Å². The molecule has 1 aliphatic heterocycles. The van der Waals surface area contributed by atoms with Gasteiger partial charge in [0.15, 0.2) is 0 Å². The molecule has 0 aromatic carbocycles. The lowest BCUT2D eigenvalue weighted by Crippen LogP contribution is -2.65. The third kappa shape index (κ3) is 7.56. The summed E-state index contributed by atoms with van der Waals surface area (Å²) in [5, 5.41) is 0. The lowest BCUT2D eigenvalue weighted by Gasteiger charge is -2.50. The number of unbranched alkanes of at least 4 members (excludes halogenated alkanes) is 7. The Bertz CT molecular complexity index is 264. The van der Waals surface area contributed by atoms with Gasteiger partial charge in [-0.2, -0.15) is 0 Å². The number of piperazine rings is 1. The Kier molecular flexibility index (Phi) is 11.2. The predicted octanol–water partition coefficient (Wildman–Crippen LogP) is 5.47. The standard InChI is InChI=1S/C21H45N2/c1-5-8-11-12-13-14-15-21-20-22(4)16-19-23(21,17-9-6-2)18-10-7-3/h21H,5-20H2,1-4H3/q+1. The van der Waals surface area contributed by atoms with E-state index in [-0.39, 0.29) is 0 Å². The van der Waals surface area contributed by atoms with Crippen LogP contribution in [0.25, 0.3) is 0 Å². The number of hydrogen-bond donors (Lipinski definition) is 0. The van der Waals surface area contributed by atoms with Crippen molar-refractivity contribution in [3.63, 3.8) is 0 Å². The molecule has 23 heavy (non-hydrogen) atoms. The second-order valence-corrected chi connectivity index (χ2v) is 8.07. The minimum Gasteiger partial charge on any atom is -0.319 e. The number of rotatable bonds is 13. The predicted molar refractivity (Wildman–Crippen MR) is 104 cm³/mol. The van der Waals surface area contributed by atoms with E-state index < -0.39 is 0 Å². The Morgan fingerprint density at radius 1 is 0.783 bits per heavy atom. The molecule has 1 saturated heterocycles. The molecule has 138 valence electrons. The topological polar surface area (TPSA) is 3.24 Å². The summed E-state index contributed by atoms with van der Waals surface area (Å²) >= 11 is 0. The summed E-state index contributed by atoms with van der Waals surface area (Å²) in [5.74, 6) is 0. The van der Waals surface area contributed by atoms with E-state index in [1.54, 1.807) is 0 Å². The molecule has 1 fully saturated rings. The van der Waals surface area contributed by atoms with Gasteiger partial charge in [-0.25, -0.2) is 0 Å². The first-order valence-electron chi connectivity index (χ1n) is 10.7. The van der Waals surface area contributed by atoms with Crippen molar-refractivity contribution in [3.05, 3.63) is 0 Å². The largest absolute Gasteiger partial charge is 0.319 e. The van der Waals surface area contributed by atoms with Crippen LogP contribution in [0.5, 0.6) is 0 Å². The van der Waals surface area contributed by atoms with E-state index in [4.69, 9.17) is 0 Å². The van der Waals surface area contributed by atoms with E-state index in [0.29, 0.717) is 0 Å². The van der Waals surface area contributed by atoms with Crippen molar-refractivity contribution in [3.8, 4) is 0 Å². The molecule has 0 aliphatic carbocycles. The highest BCUT2D eigenvalue weighted by Gasteiger charge is 2.39. The summed E-state index contributed by atoms with van der Waals surface area (Å²) in [7, 11) is 2.34. The van der Waals surface area contributed by atoms with Crippen LogP contribution in [0.4, 0.5) is 0 Å². The molecular formula is C21H45N2+. The zero-order valence-corrected chi connectivity index (χ0v) is 16.8. The molecule has 0 aromatic heterocycles. The fraction of sp³-hybridized carbons (Fsp3) is 1.00. The second kappa shape index (κ2) is 12.3. The summed E-state index contributed by atoms with van der Waals surface area (Å²) < 4.78 is 1.45. The van der Waals surface area contributed by atoms with Gasteiger partial charge in [0.2, 0.25) is 0 Å². The first kappa shape index (κ1) is 21.0. The van der Waals surface area contributed by atoms with Crippen LogP contribution in [0.2, 0.25) is 0 Å². The van der Waals surface area contributed by atoms with Crippen LogP contribution in [0.3, 0.4) is 0 Å². The Balaban J connectivity index is 2.54. The van der Waals surface area contributed by atoms with Crippen molar-refractivity contribution >= 4 is 0 Å². The average molecular weight is 326 g/mol. The maximum absolute atomic E-state index is 2.59. The van der Waals surface area contributed by atoms with E-state index in [9.17, 15) is 0 Å². The van der Waals surface area contributed by atoms with Crippen LogP contribution in [0.1, 0.15) is 91.4 Å². The van der Waals surface area contributed by atoms with Crippen LogP contribution in [-0.4, -0.2) is 55.2 Å².